The van der Waals surface area contributed by atoms with E-state index in [1.54, 1.807) is 0 Å². The first-order chi connectivity index (χ1) is 9.72. The van der Waals surface area contributed by atoms with Gasteiger partial charge in [-0.1, -0.05) is 0 Å². The molecule has 6 atom stereocenters. The molecule has 0 bridgehead atoms. The molecule has 4 N–H and O–H groups in total. The van der Waals surface area contributed by atoms with Crippen LogP contribution in [0.2, 0.25) is 0 Å². The molecular weight excluding hydrogens is 295 g/mol. The van der Waals surface area contributed by atoms with Crippen LogP contribution in [0.15, 0.2) is 0 Å². The van der Waals surface area contributed by atoms with Crippen LogP contribution in [0.4, 0.5) is 0 Å². The maximum Gasteiger partial charge on any atom is 0.0461 e. The lowest BCUT2D eigenvalue weighted by Gasteiger charge is -2.42. The van der Waals surface area contributed by atoms with E-state index in [-0.39, 0.29) is 0 Å². The molecule has 0 spiro atoms. The first-order valence-corrected chi connectivity index (χ1v) is 8.81. The minimum atomic E-state index is 0.311. The second-order valence-corrected chi connectivity index (χ2v) is 7.64. The van der Waals surface area contributed by atoms with Crippen molar-refractivity contribution in [2.24, 2.45) is 0 Å². The van der Waals surface area contributed by atoms with Crippen LogP contribution in [-0.2, 0) is 0 Å². The first-order valence-electron chi connectivity index (χ1n) is 7.94. The van der Waals surface area contributed by atoms with Gasteiger partial charge in [0.25, 0.3) is 0 Å². The zero-order chi connectivity index (χ0) is 13.9. The van der Waals surface area contributed by atoms with E-state index in [2.05, 4.69) is 21.3 Å². The van der Waals surface area contributed by atoms with Gasteiger partial charge in [-0.3, -0.25) is 0 Å². The predicted octanol–water partition coefficient (Wildman–Crippen LogP) is 0.635. The van der Waals surface area contributed by atoms with Crippen LogP contribution in [0.3, 0.4) is 0 Å². The molecule has 6 heteroatoms. The lowest BCUT2D eigenvalue weighted by atomic mass is 9.92. The minimum Gasteiger partial charge on any atom is -0.311 e. The van der Waals surface area contributed by atoms with Crippen LogP contribution >= 0.6 is 23.2 Å². The summed E-state index contributed by atoms with van der Waals surface area (Å²) in [7, 11) is 0. The number of alkyl halides is 2. The van der Waals surface area contributed by atoms with Crippen molar-refractivity contribution in [3.8, 4) is 0 Å². The highest BCUT2D eigenvalue weighted by Crippen LogP contribution is 2.19. The number of halogens is 2. The van der Waals surface area contributed by atoms with E-state index < -0.39 is 0 Å². The molecule has 0 aromatic carbocycles. The molecule has 3 heterocycles. The Bertz CT molecular complexity index is 264. The summed E-state index contributed by atoms with van der Waals surface area (Å²) in [6.45, 7) is 3.96. The molecule has 3 fully saturated rings. The summed E-state index contributed by atoms with van der Waals surface area (Å²) in [6, 6.07) is 2.18. The van der Waals surface area contributed by atoms with E-state index in [0.29, 0.717) is 34.9 Å². The molecule has 3 aliphatic heterocycles. The molecule has 3 saturated heterocycles. The Kier molecular flexibility index (Phi) is 5.45. The SMILES string of the molecule is ClC1CCC(C2CNC(C3CCC(Cl)CN3)CN2)NC1. The number of rotatable bonds is 2. The van der Waals surface area contributed by atoms with E-state index in [4.69, 9.17) is 23.2 Å². The summed E-state index contributed by atoms with van der Waals surface area (Å²) < 4.78 is 0. The van der Waals surface area contributed by atoms with Crippen molar-refractivity contribution in [3.05, 3.63) is 0 Å². The molecule has 0 aromatic rings. The van der Waals surface area contributed by atoms with E-state index in [1.165, 1.54) is 12.8 Å². The first kappa shape index (κ1) is 15.3. The van der Waals surface area contributed by atoms with Gasteiger partial charge in [-0.2, -0.15) is 0 Å². The molecule has 3 rings (SSSR count). The van der Waals surface area contributed by atoms with Gasteiger partial charge in [-0.05, 0) is 25.7 Å². The largest absolute Gasteiger partial charge is 0.311 e. The number of piperazine rings is 1. The maximum absolute atomic E-state index is 6.14. The molecule has 0 aromatic heterocycles. The van der Waals surface area contributed by atoms with Crippen LogP contribution in [-0.4, -0.2) is 61.1 Å². The fourth-order valence-electron chi connectivity index (χ4n) is 3.64. The van der Waals surface area contributed by atoms with Gasteiger partial charge in [0.15, 0.2) is 0 Å². The molecule has 0 aliphatic carbocycles. The molecule has 6 unspecified atom stereocenters. The minimum absolute atomic E-state index is 0.311. The van der Waals surface area contributed by atoms with Crippen LogP contribution in [0.1, 0.15) is 25.7 Å². The molecule has 0 amide bonds. The van der Waals surface area contributed by atoms with Crippen LogP contribution in [0.25, 0.3) is 0 Å². The summed E-state index contributed by atoms with van der Waals surface area (Å²) >= 11 is 12.3. The fraction of sp³-hybridized carbons (Fsp3) is 1.00. The van der Waals surface area contributed by atoms with E-state index in [0.717, 1.165) is 39.0 Å². The van der Waals surface area contributed by atoms with Crippen LogP contribution in [0.5, 0.6) is 0 Å². The predicted molar refractivity (Wildman–Crippen MR) is 84.9 cm³/mol. The summed E-state index contributed by atoms with van der Waals surface area (Å²) in [5.74, 6) is 0. The highest BCUT2D eigenvalue weighted by molar-refractivity contribution is 6.21. The molecule has 116 valence electrons. The monoisotopic (exact) mass is 320 g/mol. The highest BCUT2D eigenvalue weighted by Gasteiger charge is 2.33. The highest BCUT2D eigenvalue weighted by atomic mass is 35.5. The Labute approximate surface area is 131 Å². The van der Waals surface area contributed by atoms with E-state index in [9.17, 15) is 0 Å². The van der Waals surface area contributed by atoms with Crippen molar-refractivity contribution in [2.75, 3.05) is 26.2 Å². The van der Waals surface area contributed by atoms with E-state index in [1.807, 2.05) is 0 Å². The summed E-state index contributed by atoms with van der Waals surface area (Å²) in [4.78, 5) is 0. The van der Waals surface area contributed by atoms with E-state index >= 15 is 0 Å². The lowest BCUT2D eigenvalue weighted by Crippen LogP contribution is -2.67. The number of hydrogen-bond donors (Lipinski definition) is 4. The number of nitrogens with one attached hydrogen (secondary N) is 4. The average Bonchev–Trinajstić information content (AvgIpc) is 2.49. The zero-order valence-electron chi connectivity index (χ0n) is 11.9. The van der Waals surface area contributed by atoms with Crippen molar-refractivity contribution in [1.29, 1.82) is 0 Å². The second-order valence-electron chi connectivity index (χ2n) is 6.41. The van der Waals surface area contributed by atoms with Crippen molar-refractivity contribution >= 4 is 23.2 Å². The van der Waals surface area contributed by atoms with Crippen LogP contribution < -0.4 is 21.3 Å². The quantitative estimate of drug-likeness (QED) is 0.564. The normalized spacial score (nSPS) is 47.1. The molecule has 3 aliphatic rings. The van der Waals surface area contributed by atoms with Gasteiger partial charge in [0.05, 0.1) is 0 Å². The van der Waals surface area contributed by atoms with Crippen molar-refractivity contribution in [3.63, 3.8) is 0 Å². The molecular formula is C14H26Cl2N4. The Hall–Kier alpha value is 0.420. The van der Waals surface area contributed by atoms with Gasteiger partial charge < -0.3 is 21.3 Å². The smallest absolute Gasteiger partial charge is 0.0461 e. The van der Waals surface area contributed by atoms with Crippen LogP contribution in [0, 0.1) is 0 Å². The average molecular weight is 321 g/mol. The summed E-state index contributed by atoms with van der Waals surface area (Å²) in [5.41, 5.74) is 0. The van der Waals surface area contributed by atoms with Gasteiger partial charge in [-0.25, -0.2) is 0 Å². The Morgan fingerprint density at radius 3 is 1.20 bits per heavy atom. The summed E-state index contributed by atoms with van der Waals surface area (Å²) in [6.07, 6.45) is 4.60. The topological polar surface area (TPSA) is 48.1 Å². The van der Waals surface area contributed by atoms with Gasteiger partial charge in [0.2, 0.25) is 0 Å². The third-order valence-electron chi connectivity index (χ3n) is 4.96. The third-order valence-corrected chi connectivity index (χ3v) is 5.70. The van der Waals surface area contributed by atoms with Gasteiger partial charge in [0.1, 0.15) is 0 Å². The second kappa shape index (κ2) is 7.12. The van der Waals surface area contributed by atoms with Gasteiger partial charge >= 0.3 is 0 Å². The number of hydrogen-bond acceptors (Lipinski definition) is 4. The lowest BCUT2D eigenvalue weighted by molar-refractivity contribution is 0.219. The van der Waals surface area contributed by atoms with Crippen molar-refractivity contribution in [1.82, 2.24) is 21.3 Å². The Balaban J connectivity index is 1.42. The van der Waals surface area contributed by atoms with Crippen molar-refractivity contribution < 1.29 is 0 Å². The Morgan fingerprint density at radius 2 is 0.900 bits per heavy atom. The third kappa shape index (κ3) is 3.79. The van der Waals surface area contributed by atoms with Gasteiger partial charge in [-0.15, -0.1) is 23.2 Å². The molecule has 0 radical (unpaired) electrons. The van der Waals surface area contributed by atoms with Crippen molar-refractivity contribution in [2.45, 2.75) is 60.6 Å². The zero-order valence-corrected chi connectivity index (χ0v) is 13.4. The maximum atomic E-state index is 6.14. The summed E-state index contributed by atoms with van der Waals surface area (Å²) in [5, 5.41) is 15.2. The fourth-order valence-corrected chi connectivity index (χ4v) is 4.07. The Morgan fingerprint density at radius 1 is 0.500 bits per heavy atom. The van der Waals surface area contributed by atoms with Gasteiger partial charge in [0, 0.05) is 61.1 Å². The standard InChI is InChI=1S/C14H26Cl2N4/c15-9-1-3-11(17-5-9)13-7-20-14(8-19-13)12-4-2-10(16)6-18-12/h9-14,17-20H,1-8H2. The molecule has 20 heavy (non-hydrogen) atoms. The molecule has 4 nitrogen and oxygen atoms in total. The number of piperidine rings is 2. The molecule has 0 saturated carbocycles.